The quantitative estimate of drug-likeness (QED) is 0.666. The maximum absolute atomic E-state index is 13.6. The number of piperidine rings is 1. The molecule has 8 heteroatoms. The van der Waals surface area contributed by atoms with Gasteiger partial charge < -0.3 is 19.8 Å². The van der Waals surface area contributed by atoms with E-state index in [0.717, 1.165) is 75.0 Å². The van der Waals surface area contributed by atoms with Crippen LogP contribution in [0, 0.1) is 5.41 Å². The van der Waals surface area contributed by atoms with Crippen LogP contribution in [0.5, 0.6) is 0 Å². The van der Waals surface area contributed by atoms with Gasteiger partial charge in [-0.15, -0.1) is 0 Å². The molecule has 1 spiro atoms. The summed E-state index contributed by atoms with van der Waals surface area (Å²) in [6.07, 6.45) is 7.68. The lowest BCUT2D eigenvalue weighted by Crippen LogP contribution is -2.50. The number of anilines is 1. The number of hydrogen-bond acceptors (Lipinski definition) is 5. The number of likely N-dealkylation sites (tertiary alicyclic amines) is 1. The number of carbonyl (C=O) groups excluding carboxylic acids is 2. The molecule has 7 nitrogen and oxygen atoms in total. The molecule has 1 N–H and O–H groups in total. The third-order valence-corrected chi connectivity index (χ3v) is 8.50. The Morgan fingerprint density at radius 3 is 2.47 bits per heavy atom. The minimum absolute atomic E-state index is 0.0341. The van der Waals surface area contributed by atoms with Crippen molar-refractivity contribution in [3.63, 3.8) is 0 Å². The fourth-order valence-corrected chi connectivity index (χ4v) is 6.43. The average Bonchev–Trinajstić information content (AvgIpc) is 3.19. The Hall–Kier alpha value is -2.64. The molecule has 2 amide bonds. The lowest BCUT2D eigenvalue weighted by atomic mass is 9.78. The second-order valence-electron chi connectivity index (χ2n) is 10.8. The summed E-state index contributed by atoms with van der Waals surface area (Å²) in [5.41, 5.74) is 2.10. The van der Waals surface area contributed by atoms with Crippen LogP contribution in [0.25, 0.3) is 11.1 Å². The van der Waals surface area contributed by atoms with E-state index in [0.29, 0.717) is 17.1 Å². The highest BCUT2D eigenvalue weighted by atomic mass is 35.5. The van der Waals surface area contributed by atoms with E-state index < -0.39 is 0 Å². The third-order valence-electron chi connectivity index (χ3n) is 8.22. The second-order valence-corrected chi connectivity index (χ2v) is 11.2. The lowest BCUT2D eigenvalue weighted by Gasteiger charge is -2.41. The molecule has 3 fully saturated rings. The van der Waals surface area contributed by atoms with Crippen molar-refractivity contribution in [1.29, 1.82) is 0 Å². The summed E-state index contributed by atoms with van der Waals surface area (Å²) in [5, 5.41) is 10.4. The van der Waals surface area contributed by atoms with Gasteiger partial charge in [-0.1, -0.05) is 23.7 Å². The first-order chi connectivity index (χ1) is 17.3. The van der Waals surface area contributed by atoms with Crippen LogP contribution in [0.15, 0.2) is 36.5 Å². The van der Waals surface area contributed by atoms with Crippen molar-refractivity contribution in [2.45, 2.75) is 57.1 Å². The summed E-state index contributed by atoms with van der Waals surface area (Å²) >= 11 is 6.75. The number of aromatic nitrogens is 1. The van der Waals surface area contributed by atoms with Gasteiger partial charge in [0.25, 0.3) is 5.91 Å². The molecule has 3 aliphatic rings. The van der Waals surface area contributed by atoms with Gasteiger partial charge in [0.15, 0.2) is 0 Å². The first kappa shape index (κ1) is 25.0. The van der Waals surface area contributed by atoms with Crippen molar-refractivity contribution in [3.8, 4) is 11.1 Å². The molecule has 3 heterocycles. The molecular weight excluding hydrogens is 476 g/mol. The Bertz CT molecular complexity index is 1130. The second kappa shape index (κ2) is 10.0. The van der Waals surface area contributed by atoms with Gasteiger partial charge in [0.1, 0.15) is 5.82 Å². The summed E-state index contributed by atoms with van der Waals surface area (Å²) in [5.74, 6) is 0.966. The molecule has 1 aliphatic carbocycles. The number of amides is 2. The first-order valence-electron chi connectivity index (χ1n) is 13.0. The Labute approximate surface area is 218 Å². The van der Waals surface area contributed by atoms with E-state index in [1.165, 1.54) is 0 Å². The van der Waals surface area contributed by atoms with Crippen LogP contribution < -0.4 is 4.90 Å². The van der Waals surface area contributed by atoms with E-state index in [4.69, 9.17) is 16.6 Å². The fourth-order valence-electron chi connectivity index (χ4n) is 6.14. The average molecular weight is 511 g/mol. The van der Waals surface area contributed by atoms with Gasteiger partial charge in [-0.05, 0) is 68.7 Å². The molecule has 1 aromatic carbocycles. The lowest BCUT2D eigenvalue weighted by molar-refractivity contribution is -0.139. The number of aliphatic hydroxyl groups is 1. The molecule has 192 valence electrons. The molecule has 2 aromatic rings. The number of hydrogen-bond donors (Lipinski definition) is 1. The normalized spacial score (nSPS) is 26.5. The van der Waals surface area contributed by atoms with E-state index in [1.54, 1.807) is 19.0 Å². The largest absolute Gasteiger partial charge is 0.393 e. The zero-order chi connectivity index (χ0) is 25.4. The van der Waals surface area contributed by atoms with Crippen molar-refractivity contribution in [3.05, 3.63) is 47.1 Å². The van der Waals surface area contributed by atoms with E-state index in [-0.39, 0.29) is 29.4 Å². The minimum Gasteiger partial charge on any atom is -0.393 e. The Kier molecular flexibility index (Phi) is 6.97. The SMILES string of the molecule is CN(C)C(=O)c1ccc(-c2cnc(N3CCCC4(CCN(C5CCC(O)CC5)C4=O)C3)c(Cl)c2)cc1. The van der Waals surface area contributed by atoms with Crippen LogP contribution in [0.4, 0.5) is 5.82 Å². The molecule has 1 saturated carbocycles. The van der Waals surface area contributed by atoms with Crippen LogP contribution >= 0.6 is 11.6 Å². The number of rotatable bonds is 4. The van der Waals surface area contributed by atoms with Crippen LogP contribution in [0.1, 0.15) is 55.3 Å². The van der Waals surface area contributed by atoms with Crippen LogP contribution in [-0.4, -0.2) is 77.6 Å². The van der Waals surface area contributed by atoms with Gasteiger partial charge in [0.2, 0.25) is 5.91 Å². The maximum Gasteiger partial charge on any atom is 0.253 e. The molecule has 1 atom stereocenters. The molecule has 0 radical (unpaired) electrons. The van der Waals surface area contributed by atoms with Crippen molar-refractivity contribution >= 4 is 29.2 Å². The summed E-state index contributed by atoms with van der Waals surface area (Å²) in [6.45, 7) is 2.28. The Morgan fingerprint density at radius 1 is 1.08 bits per heavy atom. The van der Waals surface area contributed by atoms with Crippen LogP contribution in [-0.2, 0) is 4.79 Å². The summed E-state index contributed by atoms with van der Waals surface area (Å²) < 4.78 is 0. The van der Waals surface area contributed by atoms with E-state index in [2.05, 4.69) is 9.80 Å². The van der Waals surface area contributed by atoms with Gasteiger partial charge in [0.05, 0.1) is 16.5 Å². The first-order valence-corrected chi connectivity index (χ1v) is 13.4. The van der Waals surface area contributed by atoms with Crippen LogP contribution in [0.3, 0.4) is 0 Å². The highest BCUT2D eigenvalue weighted by Crippen LogP contribution is 2.44. The van der Waals surface area contributed by atoms with E-state index >= 15 is 0 Å². The maximum atomic E-state index is 13.6. The minimum atomic E-state index is -0.368. The standard InChI is InChI=1S/C28H35ClN4O3/c1-31(2)26(35)20-6-4-19(5-7-20)21-16-24(29)25(30-17-21)32-14-3-12-28(18-32)13-15-33(27(28)36)22-8-10-23(34)11-9-22/h4-7,16-17,22-23,34H,3,8-15,18H2,1-2H3. The van der Waals surface area contributed by atoms with Gasteiger partial charge in [0, 0.05) is 57.1 Å². The molecule has 0 bridgehead atoms. The van der Waals surface area contributed by atoms with Crippen molar-refractivity contribution in [2.75, 3.05) is 38.6 Å². The van der Waals surface area contributed by atoms with Crippen molar-refractivity contribution < 1.29 is 14.7 Å². The molecular formula is C28H35ClN4O3. The molecule has 5 rings (SSSR count). The molecule has 2 saturated heterocycles. The van der Waals surface area contributed by atoms with E-state index in [9.17, 15) is 14.7 Å². The highest BCUT2D eigenvalue weighted by Gasteiger charge is 2.51. The molecule has 2 aliphatic heterocycles. The summed E-state index contributed by atoms with van der Waals surface area (Å²) in [4.78, 5) is 36.4. The summed E-state index contributed by atoms with van der Waals surface area (Å²) in [7, 11) is 3.47. The number of halogens is 1. The third kappa shape index (κ3) is 4.71. The fraction of sp³-hybridized carbons (Fsp3) is 0.536. The van der Waals surface area contributed by atoms with E-state index in [1.807, 2.05) is 36.5 Å². The zero-order valence-corrected chi connectivity index (χ0v) is 21.9. The smallest absolute Gasteiger partial charge is 0.253 e. The topological polar surface area (TPSA) is 77.0 Å². The Morgan fingerprint density at radius 2 is 1.81 bits per heavy atom. The number of nitrogens with zero attached hydrogens (tertiary/aromatic N) is 4. The number of carbonyl (C=O) groups is 2. The molecule has 36 heavy (non-hydrogen) atoms. The highest BCUT2D eigenvalue weighted by molar-refractivity contribution is 6.33. The predicted octanol–water partition coefficient (Wildman–Crippen LogP) is 4.23. The van der Waals surface area contributed by atoms with Gasteiger partial charge in [-0.3, -0.25) is 9.59 Å². The predicted molar refractivity (Wildman–Crippen MR) is 141 cm³/mol. The summed E-state index contributed by atoms with van der Waals surface area (Å²) in [6, 6.07) is 9.64. The molecule has 1 unspecified atom stereocenters. The number of aliphatic hydroxyl groups excluding tert-OH is 1. The monoisotopic (exact) mass is 510 g/mol. The molecule has 1 aromatic heterocycles. The zero-order valence-electron chi connectivity index (χ0n) is 21.1. The van der Waals surface area contributed by atoms with Crippen molar-refractivity contribution in [1.82, 2.24) is 14.8 Å². The van der Waals surface area contributed by atoms with Gasteiger partial charge in [-0.2, -0.15) is 0 Å². The van der Waals surface area contributed by atoms with Gasteiger partial charge in [-0.25, -0.2) is 4.98 Å². The van der Waals surface area contributed by atoms with Crippen molar-refractivity contribution in [2.24, 2.45) is 5.41 Å². The number of benzene rings is 1. The Balaban J connectivity index is 1.30. The number of pyridine rings is 1. The van der Waals surface area contributed by atoms with Gasteiger partial charge >= 0.3 is 0 Å². The van der Waals surface area contributed by atoms with Crippen LogP contribution in [0.2, 0.25) is 5.02 Å².